The summed E-state index contributed by atoms with van der Waals surface area (Å²) >= 11 is 0. The predicted octanol–water partition coefficient (Wildman–Crippen LogP) is 1.87. The van der Waals surface area contributed by atoms with Crippen LogP contribution in [0.25, 0.3) is 0 Å². The molecule has 0 aliphatic carbocycles. The minimum absolute atomic E-state index is 0.112. The SMILES string of the molecule is CC(C)CN(C)c1cccnc1C(=O)O. The number of hydrogen-bond donors (Lipinski definition) is 1. The quantitative estimate of drug-likeness (QED) is 0.820. The van der Waals surface area contributed by atoms with Gasteiger partial charge < -0.3 is 10.0 Å². The molecule has 82 valence electrons. The molecular weight excluding hydrogens is 192 g/mol. The molecule has 0 aliphatic rings. The zero-order chi connectivity index (χ0) is 11.4. The van der Waals surface area contributed by atoms with Crippen LogP contribution in [0.1, 0.15) is 24.3 Å². The maximum atomic E-state index is 10.9. The molecule has 1 N–H and O–H groups in total. The molecule has 0 aromatic carbocycles. The molecule has 0 spiro atoms. The van der Waals surface area contributed by atoms with Crippen LogP contribution in [0.5, 0.6) is 0 Å². The smallest absolute Gasteiger partial charge is 0.356 e. The number of carbonyl (C=O) groups is 1. The number of hydrogen-bond acceptors (Lipinski definition) is 3. The molecule has 1 rings (SSSR count). The van der Waals surface area contributed by atoms with Crippen LogP contribution in [-0.4, -0.2) is 29.7 Å². The summed E-state index contributed by atoms with van der Waals surface area (Å²) in [6, 6.07) is 3.53. The zero-order valence-corrected chi connectivity index (χ0v) is 9.27. The highest BCUT2D eigenvalue weighted by Gasteiger charge is 2.14. The van der Waals surface area contributed by atoms with Crippen molar-refractivity contribution >= 4 is 11.7 Å². The lowest BCUT2D eigenvalue weighted by Crippen LogP contribution is -2.24. The van der Waals surface area contributed by atoms with E-state index in [2.05, 4.69) is 18.8 Å². The topological polar surface area (TPSA) is 53.4 Å². The van der Waals surface area contributed by atoms with Gasteiger partial charge in [-0.1, -0.05) is 13.8 Å². The molecule has 15 heavy (non-hydrogen) atoms. The molecule has 0 amide bonds. The fraction of sp³-hybridized carbons (Fsp3) is 0.455. The predicted molar refractivity (Wildman–Crippen MR) is 59.3 cm³/mol. The van der Waals surface area contributed by atoms with E-state index < -0.39 is 5.97 Å². The van der Waals surface area contributed by atoms with E-state index in [-0.39, 0.29) is 5.69 Å². The fourth-order valence-electron chi connectivity index (χ4n) is 1.52. The van der Waals surface area contributed by atoms with Gasteiger partial charge in [0.1, 0.15) is 0 Å². The minimum atomic E-state index is -0.985. The van der Waals surface area contributed by atoms with Gasteiger partial charge in [0.2, 0.25) is 0 Å². The van der Waals surface area contributed by atoms with Crippen molar-refractivity contribution in [2.75, 3.05) is 18.5 Å². The van der Waals surface area contributed by atoms with Gasteiger partial charge in [0.25, 0.3) is 0 Å². The van der Waals surface area contributed by atoms with Crippen molar-refractivity contribution in [1.82, 2.24) is 4.98 Å². The number of aromatic nitrogens is 1. The number of carboxylic acid groups (broad SMARTS) is 1. The summed E-state index contributed by atoms with van der Waals surface area (Å²) in [6.07, 6.45) is 1.50. The molecule has 0 aliphatic heterocycles. The van der Waals surface area contributed by atoms with Gasteiger partial charge in [-0.3, -0.25) is 0 Å². The van der Waals surface area contributed by atoms with E-state index in [1.165, 1.54) is 6.20 Å². The van der Waals surface area contributed by atoms with Crippen LogP contribution >= 0.6 is 0 Å². The van der Waals surface area contributed by atoms with Crippen LogP contribution in [0.2, 0.25) is 0 Å². The molecule has 0 radical (unpaired) electrons. The summed E-state index contributed by atoms with van der Waals surface area (Å²) < 4.78 is 0. The van der Waals surface area contributed by atoms with E-state index in [0.29, 0.717) is 11.6 Å². The second-order valence-electron chi connectivity index (χ2n) is 3.95. The highest BCUT2D eigenvalue weighted by Crippen LogP contribution is 2.17. The molecule has 1 heterocycles. The molecule has 1 aromatic heterocycles. The van der Waals surface area contributed by atoms with Crippen LogP contribution in [0.3, 0.4) is 0 Å². The van der Waals surface area contributed by atoms with Crippen molar-refractivity contribution in [3.8, 4) is 0 Å². The van der Waals surface area contributed by atoms with Crippen molar-refractivity contribution < 1.29 is 9.90 Å². The lowest BCUT2D eigenvalue weighted by atomic mass is 10.2. The Labute approximate surface area is 89.6 Å². The molecule has 0 fully saturated rings. The van der Waals surface area contributed by atoms with Crippen molar-refractivity contribution in [1.29, 1.82) is 0 Å². The van der Waals surface area contributed by atoms with Gasteiger partial charge >= 0.3 is 5.97 Å². The zero-order valence-electron chi connectivity index (χ0n) is 9.27. The Morgan fingerprint density at radius 3 is 2.80 bits per heavy atom. The summed E-state index contributed by atoms with van der Waals surface area (Å²) in [5.74, 6) is -0.502. The highest BCUT2D eigenvalue weighted by molar-refractivity contribution is 5.92. The van der Waals surface area contributed by atoms with Gasteiger partial charge in [0.05, 0.1) is 5.69 Å². The molecule has 0 saturated carbocycles. The Morgan fingerprint density at radius 1 is 1.60 bits per heavy atom. The summed E-state index contributed by atoms with van der Waals surface area (Å²) in [5.41, 5.74) is 0.777. The lowest BCUT2D eigenvalue weighted by Gasteiger charge is -2.22. The van der Waals surface area contributed by atoms with Crippen molar-refractivity contribution in [3.63, 3.8) is 0 Å². The van der Waals surface area contributed by atoms with Crippen molar-refractivity contribution in [2.24, 2.45) is 5.92 Å². The molecule has 4 heteroatoms. The number of pyridine rings is 1. The standard InChI is InChI=1S/C11H16N2O2/c1-8(2)7-13(3)9-5-4-6-12-10(9)11(14)15/h4-6,8H,7H2,1-3H3,(H,14,15). The van der Waals surface area contributed by atoms with Gasteiger partial charge in [0.15, 0.2) is 5.69 Å². The molecular formula is C11H16N2O2. The third kappa shape index (κ3) is 2.94. The Bertz CT molecular complexity index is 350. The van der Waals surface area contributed by atoms with E-state index >= 15 is 0 Å². The average molecular weight is 208 g/mol. The van der Waals surface area contributed by atoms with Crippen LogP contribution in [-0.2, 0) is 0 Å². The maximum Gasteiger partial charge on any atom is 0.356 e. The van der Waals surface area contributed by atoms with Crippen molar-refractivity contribution in [2.45, 2.75) is 13.8 Å². The van der Waals surface area contributed by atoms with Gasteiger partial charge in [-0.15, -0.1) is 0 Å². The first-order valence-corrected chi connectivity index (χ1v) is 4.91. The molecule has 4 nitrogen and oxygen atoms in total. The summed E-state index contributed by atoms with van der Waals surface area (Å²) in [6.45, 7) is 4.99. The molecule has 0 atom stereocenters. The number of rotatable bonds is 4. The Hall–Kier alpha value is -1.58. The maximum absolute atomic E-state index is 10.9. The average Bonchev–Trinajstić information content (AvgIpc) is 2.16. The Morgan fingerprint density at radius 2 is 2.27 bits per heavy atom. The summed E-state index contributed by atoms with van der Waals surface area (Å²) in [4.78, 5) is 16.7. The minimum Gasteiger partial charge on any atom is -0.476 e. The van der Waals surface area contributed by atoms with Gasteiger partial charge in [0, 0.05) is 19.8 Å². The summed E-state index contributed by atoms with van der Waals surface area (Å²) in [5, 5.41) is 8.96. The van der Waals surface area contributed by atoms with E-state index in [1.54, 1.807) is 12.1 Å². The number of nitrogens with zero attached hydrogens (tertiary/aromatic N) is 2. The van der Waals surface area contributed by atoms with E-state index in [9.17, 15) is 4.79 Å². The lowest BCUT2D eigenvalue weighted by molar-refractivity contribution is 0.0691. The molecule has 0 bridgehead atoms. The molecule has 0 unspecified atom stereocenters. The van der Waals surface area contributed by atoms with Crippen LogP contribution in [0.15, 0.2) is 18.3 Å². The summed E-state index contributed by atoms with van der Waals surface area (Å²) in [7, 11) is 1.88. The normalized spacial score (nSPS) is 10.4. The first-order chi connectivity index (χ1) is 7.02. The first kappa shape index (κ1) is 11.5. The van der Waals surface area contributed by atoms with Gasteiger partial charge in [-0.25, -0.2) is 9.78 Å². The van der Waals surface area contributed by atoms with E-state index in [4.69, 9.17) is 5.11 Å². The number of aromatic carboxylic acids is 1. The number of carboxylic acids is 1. The molecule has 0 saturated heterocycles. The Kier molecular flexibility index (Phi) is 3.66. The van der Waals surface area contributed by atoms with Gasteiger partial charge in [-0.05, 0) is 18.1 Å². The van der Waals surface area contributed by atoms with E-state index in [1.807, 2.05) is 11.9 Å². The van der Waals surface area contributed by atoms with Crippen LogP contribution < -0.4 is 4.90 Å². The third-order valence-corrected chi connectivity index (χ3v) is 2.04. The monoisotopic (exact) mass is 208 g/mol. The fourth-order valence-corrected chi connectivity index (χ4v) is 1.52. The first-order valence-electron chi connectivity index (χ1n) is 4.91. The second kappa shape index (κ2) is 4.77. The van der Waals surface area contributed by atoms with E-state index in [0.717, 1.165) is 6.54 Å². The van der Waals surface area contributed by atoms with Crippen LogP contribution in [0.4, 0.5) is 5.69 Å². The highest BCUT2D eigenvalue weighted by atomic mass is 16.4. The van der Waals surface area contributed by atoms with Crippen molar-refractivity contribution in [3.05, 3.63) is 24.0 Å². The van der Waals surface area contributed by atoms with Crippen LogP contribution in [0, 0.1) is 5.92 Å². The van der Waals surface area contributed by atoms with Gasteiger partial charge in [-0.2, -0.15) is 0 Å². The Balaban J connectivity index is 2.97. The third-order valence-electron chi connectivity index (χ3n) is 2.04. The number of anilines is 1. The largest absolute Gasteiger partial charge is 0.476 e. The second-order valence-corrected chi connectivity index (χ2v) is 3.95. The molecule has 1 aromatic rings.